The van der Waals surface area contributed by atoms with E-state index in [0.29, 0.717) is 5.54 Å². The minimum atomic E-state index is -1.86. The predicted molar refractivity (Wildman–Crippen MR) is 217 cm³/mol. The second kappa shape index (κ2) is 12.3. The summed E-state index contributed by atoms with van der Waals surface area (Å²) in [6.07, 6.45) is 20.9. The minimum absolute atomic E-state index is 0.207. The van der Waals surface area contributed by atoms with Gasteiger partial charge in [0.05, 0.1) is 0 Å². The summed E-state index contributed by atoms with van der Waals surface area (Å²) in [5.74, 6) is 4.14. The summed E-state index contributed by atoms with van der Waals surface area (Å²) in [4.78, 5) is 10.9. The van der Waals surface area contributed by atoms with Crippen LogP contribution in [0.25, 0.3) is 11.1 Å². The first-order valence-corrected chi connectivity index (χ1v) is 21.8. The lowest BCUT2D eigenvalue weighted by atomic mass is 9.82. The number of fused-ring (bicyclic) bond motifs is 6. The Labute approximate surface area is 307 Å². The molecule has 0 fully saturated rings. The number of ether oxygens (including phenoxy) is 1. The molecule has 5 heteroatoms. The van der Waals surface area contributed by atoms with E-state index in [-0.39, 0.29) is 11.8 Å². The van der Waals surface area contributed by atoms with Crippen LogP contribution in [0, 0.1) is 0 Å². The molecule has 0 bridgehead atoms. The number of benzene rings is 4. The van der Waals surface area contributed by atoms with Crippen molar-refractivity contribution >= 4 is 36.1 Å². The highest BCUT2D eigenvalue weighted by atomic mass is 28.3. The van der Waals surface area contributed by atoms with Gasteiger partial charge in [0.15, 0.2) is 6.17 Å². The highest BCUT2D eigenvalue weighted by molar-refractivity contribution is 6.95. The van der Waals surface area contributed by atoms with E-state index in [0.717, 1.165) is 64.7 Å². The molecule has 4 unspecified atom stereocenters. The van der Waals surface area contributed by atoms with E-state index in [1.54, 1.807) is 5.19 Å². The summed E-state index contributed by atoms with van der Waals surface area (Å²) >= 11 is 0. The summed E-state index contributed by atoms with van der Waals surface area (Å²) < 4.78 is 6.62. The van der Waals surface area contributed by atoms with Crippen LogP contribution in [0.1, 0.15) is 64.5 Å². The van der Waals surface area contributed by atoms with Gasteiger partial charge in [-0.1, -0.05) is 139 Å². The van der Waals surface area contributed by atoms with Gasteiger partial charge in [-0.3, -0.25) is 0 Å². The maximum absolute atomic E-state index is 6.62. The first kappa shape index (κ1) is 31.2. The van der Waals surface area contributed by atoms with Crippen molar-refractivity contribution in [3.8, 4) is 5.75 Å². The summed E-state index contributed by atoms with van der Waals surface area (Å²) in [7, 11) is -1.86. The molecule has 3 aliphatic heterocycles. The number of amidine groups is 2. The van der Waals surface area contributed by atoms with Gasteiger partial charge in [0.25, 0.3) is 0 Å². The van der Waals surface area contributed by atoms with Gasteiger partial charge in [-0.25, -0.2) is 9.98 Å². The van der Waals surface area contributed by atoms with Crippen molar-refractivity contribution in [2.75, 3.05) is 0 Å². The van der Waals surface area contributed by atoms with Crippen LogP contribution in [0.4, 0.5) is 0 Å². The first-order valence-electron chi connectivity index (χ1n) is 18.7. The van der Waals surface area contributed by atoms with Gasteiger partial charge in [-0.2, -0.15) is 18.3 Å². The molecule has 3 aliphatic carbocycles. The van der Waals surface area contributed by atoms with Crippen LogP contribution in [-0.2, 0) is 0 Å². The summed E-state index contributed by atoms with van der Waals surface area (Å²) in [6.45, 7) is 5.10. The molecule has 4 aromatic rings. The van der Waals surface area contributed by atoms with E-state index in [4.69, 9.17) is 14.7 Å². The van der Waals surface area contributed by atoms with Gasteiger partial charge < -0.3 is 10.1 Å². The van der Waals surface area contributed by atoms with E-state index >= 15 is 0 Å². The van der Waals surface area contributed by atoms with Crippen LogP contribution in [-0.4, -0.2) is 25.9 Å². The van der Waals surface area contributed by atoms with E-state index in [2.05, 4.69) is 164 Å². The van der Waals surface area contributed by atoms with Crippen molar-refractivity contribution in [2.45, 2.75) is 55.9 Å². The molecule has 0 amide bonds. The predicted octanol–water partition coefficient (Wildman–Crippen LogP) is 9.97. The number of aliphatic imine (C=N–C) groups is 2. The van der Waals surface area contributed by atoms with Crippen LogP contribution in [0.15, 0.2) is 167 Å². The maximum Gasteiger partial charge on any atom is 0.169 e. The lowest BCUT2D eigenvalue weighted by molar-refractivity contribution is 0.424. The number of hydrogen-bond acceptors (Lipinski definition) is 4. The summed E-state index contributed by atoms with van der Waals surface area (Å²) in [6, 6.07) is 35.3. The highest BCUT2D eigenvalue weighted by Gasteiger charge is 2.42. The molecule has 4 aromatic carbocycles. The van der Waals surface area contributed by atoms with Gasteiger partial charge in [-0.05, 0) is 60.1 Å². The van der Waals surface area contributed by atoms with E-state index in [9.17, 15) is 0 Å². The van der Waals surface area contributed by atoms with Crippen LogP contribution < -0.4 is 15.2 Å². The van der Waals surface area contributed by atoms with Gasteiger partial charge in [-0.15, -0.1) is 13.6 Å². The van der Waals surface area contributed by atoms with Gasteiger partial charge in [0.1, 0.15) is 23.2 Å². The highest BCUT2D eigenvalue weighted by Crippen LogP contribution is 2.55. The van der Waals surface area contributed by atoms with Gasteiger partial charge >= 0.3 is 0 Å². The van der Waals surface area contributed by atoms with Crippen LogP contribution in [0.2, 0.25) is 18.6 Å². The molecule has 0 radical (unpaired) electrons. The Morgan fingerprint density at radius 2 is 1.56 bits per heavy atom. The zero-order valence-corrected chi connectivity index (χ0v) is 30.6. The first-order chi connectivity index (χ1) is 25.5. The smallest absolute Gasteiger partial charge is 0.169 e. The Morgan fingerprint density at radius 1 is 0.788 bits per heavy atom. The number of rotatable bonds is 5. The van der Waals surface area contributed by atoms with Gasteiger partial charge in [0, 0.05) is 28.2 Å². The SMILES string of the molecule is C[Si-]1(C)c2ccccc2C2=CC(C3N=C(c4ccccc4)NC(c4cc(C5=CCCC=C5)c5c(c4)C4CC=CC=C4O5)=N3)=CC(c3ccccc3)C21. The number of nitrogens with one attached hydrogen (secondary N) is 1. The average molecular weight is 692 g/mol. The molecule has 10 rings (SSSR count). The molecular weight excluding hydrogens is 651 g/mol. The van der Waals surface area contributed by atoms with Crippen LogP contribution >= 0.6 is 0 Å². The van der Waals surface area contributed by atoms with Crippen molar-refractivity contribution in [1.82, 2.24) is 5.32 Å². The topological polar surface area (TPSA) is 46.0 Å². The van der Waals surface area contributed by atoms with E-state index < -0.39 is 14.2 Å². The zero-order valence-electron chi connectivity index (χ0n) is 29.6. The number of hydrogen-bond donors (Lipinski definition) is 1. The molecule has 6 aliphatic rings. The molecule has 0 saturated heterocycles. The zero-order chi connectivity index (χ0) is 34.8. The Kier molecular flexibility index (Phi) is 7.40. The Bertz CT molecular complexity index is 2370. The van der Waals surface area contributed by atoms with Crippen LogP contribution in [0.5, 0.6) is 5.75 Å². The Hall–Kier alpha value is -5.52. The number of nitrogens with zero attached hydrogens (tertiary/aromatic N) is 2. The standard InChI is InChI=1S/C47H41N3OSi/c1-52(2)42-25-15-13-23-36(42)40-29-34(27-38(44(40)52)31-18-8-4-9-19-31)47-49-45(32-20-10-5-11-21-32)48-46(50-47)33-26-37(30-16-6-3-7-17-30)43-39(28-33)35-22-12-14-24-41(35)51-43/h4-6,8-21,23-29,35,38,44,47H,3,7,22H2,1-2H3,(H,48,49,50)/q-1. The molecule has 0 aromatic heterocycles. The van der Waals surface area contributed by atoms with Crippen molar-refractivity contribution in [3.05, 3.63) is 190 Å². The van der Waals surface area contributed by atoms with Crippen molar-refractivity contribution in [3.63, 3.8) is 0 Å². The fourth-order valence-corrected chi connectivity index (χ4v) is 13.3. The van der Waals surface area contributed by atoms with Crippen LogP contribution in [0.3, 0.4) is 0 Å². The quantitative estimate of drug-likeness (QED) is 0.212. The third-order valence-electron chi connectivity index (χ3n) is 11.8. The lowest BCUT2D eigenvalue weighted by Crippen LogP contribution is -2.44. The molecule has 4 nitrogen and oxygen atoms in total. The Balaban J connectivity index is 1.15. The Morgan fingerprint density at radius 3 is 2.37 bits per heavy atom. The van der Waals surface area contributed by atoms with E-state index in [1.165, 1.54) is 27.8 Å². The lowest BCUT2D eigenvalue weighted by Gasteiger charge is -2.44. The third-order valence-corrected chi connectivity index (χ3v) is 15.8. The minimum Gasteiger partial charge on any atom is -0.460 e. The van der Waals surface area contributed by atoms with Crippen molar-refractivity contribution < 1.29 is 4.74 Å². The molecule has 4 atom stereocenters. The monoisotopic (exact) mass is 691 g/mol. The average Bonchev–Trinajstić information content (AvgIpc) is 3.70. The number of allylic oxidation sites excluding steroid dienone is 10. The molecule has 52 heavy (non-hydrogen) atoms. The summed E-state index contributed by atoms with van der Waals surface area (Å²) in [5, 5.41) is 5.27. The molecule has 0 spiro atoms. The second-order valence-electron chi connectivity index (χ2n) is 15.2. The van der Waals surface area contributed by atoms with Crippen molar-refractivity contribution in [1.29, 1.82) is 0 Å². The maximum atomic E-state index is 6.62. The molecule has 1 N–H and O–H groups in total. The van der Waals surface area contributed by atoms with Gasteiger partial charge in [0.2, 0.25) is 0 Å². The fourth-order valence-electron chi connectivity index (χ4n) is 9.28. The molecule has 255 valence electrons. The molecule has 3 heterocycles. The molecule has 0 saturated carbocycles. The third kappa shape index (κ3) is 5.09. The second-order valence-corrected chi connectivity index (χ2v) is 19.8. The fraction of sp³-hybridized carbons (Fsp3) is 0.191. The van der Waals surface area contributed by atoms with E-state index in [1.807, 2.05) is 0 Å². The molecular formula is C47H41N3OSi-. The normalized spacial score (nSPS) is 24.7. The van der Waals surface area contributed by atoms with Crippen molar-refractivity contribution in [2.24, 2.45) is 9.98 Å². The largest absolute Gasteiger partial charge is 0.460 e. The summed E-state index contributed by atoms with van der Waals surface area (Å²) in [5.41, 5.74) is 11.5.